The van der Waals surface area contributed by atoms with Crippen molar-refractivity contribution in [2.24, 2.45) is 0 Å². The number of carbonyl (C=O) groups excluding carboxylic acids is 6. The highest BCUT2D eigenvalue weighted by Crippen LogP contribution is 2.13. The minimum atomic E-state index is -1.34. The average molecular weight is 396 g/mol. The van der Waals surface area contributed by atoms with Crippen molar-refractivity contribution in [1.29, 1.82) is 0 Å². The Labute approximate surface area is 160 Å². The van der Waals surface area contributed by atoms with E-state index >= 15 is 0 Å². The van der Waals surface area contributed by atoms with E-state index in [9.17, 15) is 28.8 Å². The van der Waals surface area contributed by atoms with Crippen LogP contribution in [0.3, 0.4) is 0 Å². The van der Waals surface area contributed by atoms with Gasteiger partial charge in [-0.1, -0.05) is 11.5 Å². The van der Waals surface area contributed by atoms with Gasteiger partial charge in [0.1, 0.15) is 0 Å². The first-order valence-corrected chi connectivity index (χ1v) is 8.75. The number of esters is 1. The summed E-state index contributed by atoms with van der Waals surface area (Å²) in [4.78, 5) is 74.2. The van der Waals surface area contributed by atoms with Crippen LogP contribution < -0.4 is 0 Å². The smallest absolute Gasteiger partial charge is 0.425 e. The van der Waals surface area contributed by atoms with Gasteiger partial charge in [-0.05, 0) is 12.8 Å². The Morgan fingerprint density at radius 1 is 0.964 bits per heavy atom. The average Bonchev–Trinajstić information content (AvgIpc) is 3.10. The molecule has 152 valence electrons. The van der Waals surface area contributed by atoms with Gasteiger partial charge in [-0.15, -0.1) is 0 Å². The summed E-state index contributed by atoms with van der Waals surface area (Å²) in [7, 11) is 0. The molecule has 1 unspecified atom stereocenters. The van der Waals surface area contributed by atoms with E-state index in [2.05, 4.69) is 9.57 Å². The molecule has 0 aromatic carbocycles. The molecule has 2 rings (SSSR count). The molecule has 1 fully saturated rings. The van der Waals surface area contributed by atoms with Crippen molar-refractivity contribution in [3.8, 4) is 0 Å². The van der Waals surface area contributed by atoms with Crippen LogP contribution >= 0.6 is 0 Å². The molecule has 1 atom stereocenters. The van der Waals surface area contributed by atoms with Gasteiger partial charge in [-0.3, -0.25) is 33.7 Å². The van der Waals surface area contributed by atoms with E-state index in [0.717, 1.165) is 4.90 Å². The number of nitrogens with zero attached hydrogens (tertiary/aromatic N) is 2. The molecule has 2 heterocycles. The van der Waals surface area contributed by atoms with Crippen molar-refractivity contribution in [3.63, 3.8) is 0 Å². The lowest BCUT2D eigenvalue weighted by Crippen LogP contribution is -2.34. The number of hydrogen-bond acceptors (Lipinski definition) is 9. The maximum atomic E-state index is 11.7. The molecule has 11 nitrogen and oxygen atoms in total. The molecule has 2 aliphatic rings. The number of ether oxygens (including phenoxy) is 2. The summed E-state index contributed by atoms with van der Waals surface area (Å²) in [5, 5.41) is 0.322. The molecule has 0 bridgehead atoms. The first kappa shape index (κ1) is 21.1. The van der Waals surface area contributed by atoms with Crippen LogP contribution in [0.5, 0.6) is 0 Å². The topological polar surface area (TPSA) is 137 Å². The van der Waals surface area contributed by atoms with Gasteiger partial charge in [0, 0.05) is 44.9 Å². The highest BCUT2D eigenvalue weighted by molar-refractivity contribution is 6.12. The molecule has 0 spiro atoms. The molecule has 2 aliphatic heterocycles. The van der Waals surface area contributed by atoms with Gasteiger partial charge in [0.25, 0.3) is 23.6 Å². The molecule has 0 aliphatic carbocycles. The Hall–Kier alpha value is -3.24. The Kier molecular flexibility index (Phi) is 7.24. The van der Waals surface area contributed by atoms with E-state index < -0.39 is 30.2 Å². The minimum Gasteiger partial charge on any atom is -0.425 e. The summed E-state index contributed by atoms with van der Waals surface area (Å²) in [5.41, 5.74) is 0. The Bertz CT molecular complexity index is 681. The van der Waals surface area contributed by atoms with E-state index in [1.165, 1.54) is 19.1 Å². The van der Waals surface area contributed by atoms with Gasteiger partial charge >= 0.3 is 12.1 Å². The van der Waals surface area contributed by atoms with Crippen molar-refractivity contribution < 1.29 is 43.1 Å². The zero-order chi connectivity index (χ0) is 20.7. The Morgan fingerprint density at radius 3 is 2.18 bits per heavy atom. The summed E-state index contributed by atoms with van der Waals surface area (Å²) >= 11 is 0. The van der Waals surface area contributed by atoms with Crippen molar-refractivity contribution >= 4 is 35.8 Å². The van der Waals surface area contributed by atoms with Crippen LogP contribution in [0.15, 0.2) is 12.2 Å². The Balaban J connectivity index is 1.57. The molecule has 0 aromatic rings. The van der Waals surface area contributed by atoms with Crippen LogP contribution in [-0.2, 0) is 38.3 Å². The largest absolute Gasteiger partial charge is 0.537 e. The lowest BCUT2D eigenvalue weighted by atomic mass is 10.2. The number of rotatable bonds is 9. The molecule has 0 radical (unpaired) electrons. The lowest BCUT2D eigenvalue weighted by molar-refractivity contribution is -0.191. The summed E-state index contributed by atoms with van der Waals surface area (Å²) in [6.07, 6.45) is 1.36. The standard InChI is InChI=1S/C17H20N2O9/c1-11(27-17(25)28-19-14(22)8-9-15(19)23)26-16(24)5-3-2-4-10-18-12(20)6-7-13(18)21/h6-7,11H,2-5,8-10H2,1H3. The molecular formula is C17H20N2O9. The number of hydrogen-bond donors (Lipinski definition) is 0. The number of imide groups is 2. The zero-order valence-corrected chi connectivity index (χ0v) is 15.3. The monoisotopic (exact) mass is 396 g/mol. The van der Waals surface area contributed by atoms with E-state index in [1.54, 1.807) is 0 Å². The van der Waals surface area contributed by atoms with Gasteiger partial charge < -0.3 is 9.47 Å². The maximum absolute atomic E-state index is 11.7. The third kappa shape index (κ3) is 5.89. The number of amides is 4. The second-order valence-corrected chi connectivity index (χ2v) is 6.07. The predicted octanol–water partition coefficient (Wildman–Crippen LogP) is 0.578. The SMILES string of the molecule is CC(OC(=O)CCCCCN1C(=O)C=CC1=O)OC(=O)ON1C(=O)CCC1=O. The van der Waals surface area contributed by atoms with E-state index in [0.29, 0.717) is 24.3 Å². The molecule has 0 N–H and O–H groups in total. The zero-order valence-electron chi connectivity index (χ0n) is 15.3. The predicted molar refractivity (Wildman–Crippen MR) is 88.5 cm³/mol. The summed E-state index contributed by atoms with van der Waals surface area (Å²) < 4.78 is 9.53. The number of unbranched alkanes of at least 4 members (excludes halogenated alkanes) is 2. The normalized spacial score (nSPS) is 17.3. The second-order valence-electron chi connectivity index (χ2n) is 6.07. The molecule has 0 saturated carbocycles. The minimum absolute atomic E-state index is 0.0476. The van der Waals surface area contributed by atoms with Crippen LogP contribution in [0, 0.1) is 0 Å². The third-order valence-electron chi connectivity index (χ3n) is 3.89. The fraction of sp³-hybridized carbons (Fsp3) is 0.529. The molecule has 0 aromatic heterocycles. The number of hydroxylamine groups is 2. The van der Waals surface area contributed by atoms with Gasteiger partial charge in [0.15, 0.2) is 0 Å². The first-order chi connectivity index (χ1) is 13.3. The fourth-order valence-corrected chi connectivity index (χ4v) is 2.53. The van der Waals surface area contributed by atoms with Gasteiger partial charge in [0.2, 0.25) is 6.29 Å². The van der Waals surface area contributed by atoms with Crippen molar-refractivity contribution in [2.75, 3.05) is 6.54 Å². The third-order valence-corrected chi connectivity index (χ3v) is 3.89. The lowest BCUT2D eigenvalue weighted by Gasteiger charge is -2.16. The second kappa shape index (κ2) is 9.62. The summed E-state index contributed by atoms with van der Waals surface area (Å²) in [5.74, 6) is -2.62. The number of carbonyl (C=O) groups is 6. The van der Waals surface area contributed by atoms with E-state index in [-0.39, 0.29) is 37.6 Å². The van der Waals surface area contributed by atoms with Gasteiger partial charge in [-0.25, -0.2) is 4.79 Å². The maximum Gasteiger partial charge on any atom is 0.537 e. The Morgan fingerprint density at radius 2 is 1.57 bits per heavy atom. The van der Waals surface area contributed by atoms with Crippen molar-refractivity contribution in [2.45, 2.75) is 51.7 Å². The molecule has 28 heavy (non-hydrogen) atoms. The van der Waals surface area contributed by atoms with Crippen molar-refractivity contribution in [1.82, 2.24) is 9.96 Å². The van der Waals surface area contributed by atoms with E-state index in [4.69, 9.17) is 4.74 Å². The highest BCUT2D eigenvalue weighted by Gasteiger charge is 2.34. The van der Waals surface area contributed by atoms with Gasteiger partial charge in [-0.2, -0.15) is 0 Å². The quantitative estimate of drug-likeness (QED) is 0.237. The molecule has 1 saturated heterocycles. The fourth-order valence-electron chi connectivity index (χ4n) is 2.53. The van der Waals surface area contributed by atoms with Crippen molar-refractivity contribution in [3.05, 3.63) is 12.2 Å². The van der Waals surface area contributed by atoms with Crippen LogP contribution in [0.25, 0.3) is 0 Å². The summed E-state index contributed by atoms with van der Waals surface area (Å²) in [6.45, 7) is 1.56. The molecule has 11 heteroatoms. The molecular weight excluding hydrogens is 376 g/mol. The van der Waals surface area contributed by atoms with Crippen LogP contribution in [0.2, 0.25) is 0 Å². The van der Waals surface area contributed by atoms with Crippen LogP contribution in [0.1, 0.15) is 45.4 Å². The van der Waals surface area contributed by atoms with Crippen LogP contribution in [-0.4, -0.2) is 58.6 Å². The molecule has 4 amide bonds. The summed E-state index contributed by atoms with van der Waals surface area (Å²) in [6, 6.07) is 0. The highest BCUT2D eigenvalue weighted by atomic mass is 16.9. The first-order valence-electron chi connectivity index (χ1n) is 8.75. The van der Waals surface area contributed by atoms with Gasteiger partial charge in [0.05, 0.1) is 0 Å². The van der Waals surface area contributed by atoms with Crippen LogP contribution in [0.4, 0.5) is 4.79 Å². The van der Waals surface area contributed by atoms with E-state index in [1.807, 2.05) is 0 Å².